The van der Waals surface area contributed by atoms with Crippen LogP contribution in [0.15, 0.2) is 48.5 Å². The molecule has 6 heteroatoms. The van der Waals surface area contributed by atoms with Crippen LogP contribution in [-0.4, -0.2) is 31.1 Å². The molecule has 4 nitrogen and oxygen atoms in total. The van der Waals surface area contributed by atoms with Crippen molar-refractivity contribution in [2.75, 3.05) is 25.5 Å². The van der Waals surface area contributed by atoms with Gasteiger partial charge in [-0.25, -0.2) is 4.79 Å². The summed E-state index contributed by atoms with van der Waals surface area (Å²) in [5.41, 5.74) is 0.593. The van der Waals surface area contributed by atoms with E-state index in [-0.39, 0.29) is 6.03 Å². The fourth-order valence-electron chi connectivity index (χ4n) is 1.71. The van der Waals surface area contributed by atoms with E-state index in [0.29, 0.717) is 28.9 Å². The number of nitrogens with zero attached hydrogens (tertiary/aromatic N) is 1. The molecule has 0 atom stereocenters. The Hall–Kier alpha value is -1.91. The number of carbonyl (C=O) groups excluding carboxylic acids is 1. The molecule has 0 unspecified atom stereocenters. The summed E-state index contributed by atoms with van der Waals surface area (Å²) in [6.07, 6.45) is 0. The number of anilines is 1. The lowest BCUT2D eigenvalue weighted by molar-refractivity contribution is 0.207. The molecule has 0 aromatic heterocycles. The van der Waals surface area contributed by atoms with Crippen molar-refractivity contribution in [1.29, 1.82) is 0 Å². The number of carbonyl (C=O) groups is 1. The van der Waals surface area contributed by atoms with Crippen LogP contribution in [0.2, 0.25) is 10.0 Å². The van der Waals surface area contributed by atoms with Crippen LogP contribution in [0, 0.1) is 0 Å². The van der Waals surface area contributed by atoms with Crippen molar-refractivity contribution in [1.82, 2.24) is 4.90 Å². The van der Waals surface area contributed by atoms with Crippen LogP contribution < -0.4 is 10.1 Å². The summed E-state index contributed by atoms with van der Waals surface area (Å²) >= 11 is 11.7. The molecule has 0 saturated heterocycles. The van der Waals surface area contributed by atoms with E-state index in [1.54, 1.807) is 25.2 Å². The van der Waals surface area contributed by atoms with E-state index in [2.05, 4.69) is 5.32 Å². The fourth-order valence-corrected chi connectivity index (χ4v) is 2.01. The summed E-state index contributed by atoms with van der Waals surface area (Å²) in [5, 5.41) is 3.59. The first-order valence-electron chi connectivity index (χ1n) is 6.71. The minimum atomic E-state index is -0.241. The Labute approximate surface area is 139 Å². The van der Waals surface area contributed by atoms with Crippen LogP contribution >= 0.6 is 23.2 Å². The summed E-state index contributed by atoms with van der Waals surface area (Å²) in [5.74, 6) is 0.779. The SMILES string of the molecule is CN(CCOc1ccccc1)C(=O)Nc1ccc(Cl)c(Cl)c1. The summed E-state index contributed by atoms with van der Waals surface area (Å²) in [4.78, 5) is 13.6. The number of halogens is 2. The number of ether oxygens (including phenoxy) is 1. The number of nitrogens with one attached hydrogen (secondary N) is 1. The lowest BCUT2D eigenvalue weighted by Gasteiger charge is -2.18. The number of hydrogen-bond acceptors (Lipinski definition) is 2. The quantitative estimate of drug-likeness (QED) is 0.869. The van der Waals surface area contributed by atoms with Crippen molar-refractivity contribution in [2.24, 2.45) is 0 Å². The molecule has 0 aliphatic heterocycles. The zero-order chi connectivity index (χ0) is 15.9. The Morgan fingerprint density at radius 1 is 1.14 bits per heavy atom. The third kappa shape index (κ3) is 4.83. The van der Waals surface area contributed by atoms with Crippen LogP contribution in [0.5, 0.6) is 5.75 Å². The van der Waals surface area contributed by atoms with Gasteiger partial charge in [-0.3, -0.25) is 0 Å². The van der Waals surface area contributed by atoms with Gasteiger partial charge < -0.3 is 15.0 Å². The number of amides is 2. The highest BCUT2D eigenvalue weighted by Crippen LogP contribution is 2.25. The average molecular weight is 339 g/mol. The lowest BCUT2D eigenvalue weighted by Crippen LogP contribution is -2.34. The smallest absolute Gasteiger partial charge is 0.321 e. The highest BCUT2D eigenvalue weighted by Gasteiger charge is 2.09. The molecular weight excluding hydrogens is 323 g/mol. The Bertz CT molecular complexity index is 635. The predicted octanol–water partition coefficient (Wildman–Crippen LogP) is 4.54. The Kier molecular flexibility index (Phi) is 5.92. The van der Waals surface area contributed by atoms with Gasteiger partial charge in [0.25, 0.3) is 0 Å². The normalized spacial score (nSPS) is 10.1. The Morgan fingerprint density at radius 2 is 1.86 bits per heavy atom. The molecule has 116 valence electrons. The molecule has 0 fully saturated rings. The second-order valence-electron chi connectivity index (χ2n) is 4.64. The van der Waals surface area contributed by atoms with Gasteiger partial charge >= 0.3 is 6.03 Å². The number of rotatable bonds is 5. The minimum Gasteiger partial charge on any atom is -0.492 e. The summed E-state index contributed by atoms with van der Waals surface area (Å²) in [6.45, 7) is 0.872. The highest BCUT2D eigenvalue weighted by molar-refractivity contribution is 6.42. The second-order valence-corrected chi connectivity index (χ2v) is 5.46. The highest BCUT2D eigenvalue weighted by atomic mass is 35.5. The van der Waals surface area contributed by atoms with E-state index < -0.39 is 0 Å². The van der Waals surface area contributed by atoms with Gasteiger partial charge in [0.2, 0.25) is 0 Å². The van der Waals surface area contributed by atoms with Crippen molar-refractivity contribution in [3.8, 4) is 5.75 Å². The molecule has 1 N–H and O–H groups in total. The van der Waals surface area contributed by atoms with Gasteiger partial charge in [0.15, 0.2) is 0 Å². The zero-order valence-corrected chi connectivity index (χ0v) is 13.6. The van der Waals surface area contributed by atoms with E-state index in [1.807, 2.05) is 30.3 Å². The molecule has 0 aliphatic carbocycles. The standard InChI is InChI=1S/C16H16Cl2N2O2/c1-20(9-10-22-13-5-3-2-4-6-13)16(21)19-12-7-8-14(17)15(18)11-12/h2-8,11H,9-10H2,1H3,(H,19,21). The summed E-state index contributed by atoms with van der Waals surface area (Å²) in [6, 6.07) is 14.2. The van der Waals surface area contributed by atoms with Gasteiger partial charge in [0.05, 0.1) is 16.6 Å². The van der Waals surface area contributed by atoms with Crippen LogP contribution in [0.25, 0.3) is 0 Å². The number of para-hydroxylation sites is 1. The van der Waals surface area contributed by atoms with Gasteiger partial charge in [0, 0.05) is 12.7 Å². The van der Waals surface area contributed by atoms with Gasteiger partial charge in [-0.05, 0) is 30.3 Å². The molecule has 2 rings (SSSR count). The molecule has 0 heterocycles. The van der Waals surface area contributed by atoms with Crippen molar-refractivity contribution in [2.45, 2.75) is 0 Å². The van der Waals surface area contributed by atoms with E-state index in [0.717, 1.165) is 5.75 Å². The Balaban J connectivity index is 1.80. The van der Waals surface area contributed by atoms with Gasteiger partial charge in [-0.2, -0.15) is 0 Å². The van der Waals surface area contributed by atoms with Crippen LogP contribution in [0.3, 0.4) is 0 Å². The minimum absolute atomic E-state index is 0.241. The fraction of sp³-hybridized carbons (Fsp3) is 0.188. The van der Waals surface area contributed by atoms with E-state index in [1.165, 1.54) is 4.90 Å². The molecule has 0 spiro atoms. The second kappa shape index (κ2) is 7.92. The number of urea groups is 1. The molecule has 2 amide bonds. The molecule has 0 bridgehead atoms. The van der Waals surface area contributed by atoms with Crippen molar-refractivity contribution >= 4 is 34.9 Å². The number of likely N-dealkylation sites (N-methyl/N-ethyl adjacent to an activating group) is 1. The summed E-state index contributed by atoms with van der Waals surface area (Å²) in [7, 11) is 1.70. The molecule has 0 saturated carbocycles. The molecule has 2 aromatic rings. The molecule has 2 aromatic carbocycles. The number of hydrogen-bond donors (Lipinski definition) is 1. The first kappa shape index (κ1) is 16.5. The van der Waals surface area contributed by atoms with Crippen molar-refractivity contribution in [3.63, 3.8) is 0 Å². The topological polar surface area (TPSA) is 41.6 Å². The molecular formula is C16H16Cl2N2O2. The lowest BCUT2D eigenvalue weighted by atomic mass is 10.3. The van der Waals surface area contributed by atoms with Gasteiger partial charge in [-0.15, -0.1) is 0 Å². The van der Waals surface area contributed by atoms with E-state index in [9.17, 15) is 4.79 Å². The van der Waals surface area contributed by atoms with Gasteiger partial charge in [0.1, 0.15) is 12.4 Å². The van der Waals surface area contributed by atoms with Crippen LogP contribution in [-0.2, 0) is 0 Å². The third-order valence-corrected chi connectivity index (χ3v) is 3.70. The maximum atomic E-state index is 12.0. The molecule has 22 heavy (non-hydrogen) atoms. The predicted molar refractivity (Wildman–Crippen MR) is 90.0 cm³/mol. The van der Waals surface area contributed by atoms with Crippen molar-refractivity contribution < 1.29 is 9.53 Å². The van der Waals surface area contributed by atoms with Crippen LogP contribution in [0.4, 0.5) is 10.5 Å². The maximum absolute atomic E-state index is 12.0. The first-order valence-corrected chi connectivity index (χ1v) is 7.47. The molecule has 0 radical (unpaired) electrons. The van der Waals surface area contributed by atoms with Crippen LogP contribution in [0.1, 0.15) is 0 Å². The zero-order valence-electron chi connectivity index (χ0n) is 12.1. The van der Waals surface area contributed by atoms with E-state index in [4.69, 9.17) is 27.9 Å². The third-order valence-electron chi connectivity index (χ3n) is 2.96. The monoisotopic (exact) mass is 338 g/mol. The Morgan fingerprint density at radius 3 is 2.55 bits per heavy atom. The molecule has 0 aliphatic rings. The van der Waals surface area contributed by atoms with Crippen molar-refractivity contribution in [3.05, 3.63) is 58.6 Å². The van der Waals surface area contributed by atoms with Gasteiger partial charge in [-0.1, -0.05) is 41.4 Å². The first-order chi connectivity index (χ1) is 10.6. The average Bonchev–Trinajstić information content (AvgIpc) is 2.52. The van der Waals surface area contributed by atoms with E-state index >= 15 is 0 Å². The summed E-state index contributed by atoms with van der Waals surface area (Å²) < 4.78 is 5.55. The number of benzene rings is 2. The maximum Gasteiger partial charge on any atom is 0.321 e. The largest absolute Gasteiger partial charge is 0.492 e.